The number of nitrogens with one attached hydrogen (secondary N) is 1. The molecular formula is C14H23N3O3S. The minimum Gasteiger partial charge on any atom is -0.382 e. The van der Waals surface area contributed by atoms with E-state index in [2.05, 4.69) is 15.2 Å². The summed E-state index contributed by atoms with van der Waals surface area (Å²) in [5, 5.41) is 6.05. The van der Waals surface area contributed by atoms with Gasteiger partial charge in [0.15, 0.2) is 5.13 Å². The molecule has 118 valence electrons. The van der Waals surface area contributed by atoms with E-state index in [0.717, 1.165) is 37.6 Å². The maximum absolute atomic E-state index is 11.6. The van der Waals surface area contributed by atoms with Gasteiger partial charge in [-0.3, -0.25) is 4.79 Å². The fraction of sp³-hybridized carbons (Fsp3) is 0.714. The van der Waals surface area contributed by atoms with E-state index in [9.17, 15) is 4.79 Å². The van der Waals surface area contributed by atoms with Crippen LogP contribution in [0.25, 0.3) is 0 Å². The van der Waals surface area contributed by atoms with Crippen LogP contribution in [0.15, 0.2) is 11.6 Å². The van der Waals surface area contributed by atoms with Crippen LogP contribution in [0, 0.1) is 5.92 Å². The van der Waals surface area contributed by atoms with E-state index >= 15 is 0 Å². The Hall–Kier alpha value is -1.18. The zero-order valence-corrected chi connectivity index (χ0v) is 13.2. The normalized spacial score (nSPS) is 16.1. The van der Waals surface area contributed by atoms with Gasteiger partial charge in [0.05, 0.1) is 13.2 Å². The molecule has 1 fully saturated rings. The monoisotopic (exact) mass is 313 g/mol. The molecule has 0 aromatic carbocycles. The van der Waals surface area contributed by atoms with Crippen molar-refractivity contribution in [2.24, 2.45) is 5.92 Å². The lowest BCUT2D eigenvalue weighted by molar-refractivity contribution is -0.126. The number of piperidine rings is 1. The summed E-state index contributed by atoms with van der Waals surface area (Å²) in [6.45, 7) is 3.84. The molecule has 0 atom stereocenters. The number of ether oxygens (including phenoxy) is 2. The van der Waals surface area contributed by atoms with Crippen LogP contribution >= 0.6 is 11.3 Å². The van der Waals surface area contributed by atoms with Crippen molar-refractivity contribution in [3.63, 3.8) is 0 Å². The number of amides is 1. The number of nitrogens with zero attached hydrogens (tertiary/aromatic N) is 2. The van der Waals surface area contributed by atoms with Crippen molar-refractivity contribution in [1.82, 2.24) is 10.3 Å². The zero-order chi connectivity index (χ0) is 14.9. The molecule has 0 saturated carbocycles. The van der Waals surface area contributed by atoms with Crippen LogP contribution in [0.5, 0.6) is 0 Å². The van der Waals surface area contributed by atoms with E-state index in [4.69, 9.17) is 9.47 Å². The topological polar surface area (TPSA) is 63.7 Å². The van der Waals surface area contributed by atoms with Crippen molar-refractivity contribution < 1.29 is 14.3 Å². The molecule has 0 radical (unpaired) electrons. The first-order chi connectivity index (χ1) is 10.3. The van der Waals surface area contributed by atoms with Crippen molar-refractivity contribution in [1.29, 1.82) is 0 Å². The molecule has 1 saturated heterocycles. The number of carbonyl (C=O) groups excluding carboxylic acids is 1. The van der Waals surface area contributed by atoms with Crippen molar-refractivity contribution in [2.45, 2.75) is 12.8 Å². The first-order valence-corrected chi connectivity index (χ1v) is 8.15. The van der Waals surface area contributed by atoms with Gasteiger partial charge in [-0.2, -0.15) is 0 Å². The summed E-state index contributed by atoms with van der Waals surface area (Å²) in [4.78, 5) is 18.3. The lowest BCUT2D eigenvalue weighted by Crippen LogP contribution is -2.39. The fourth-order valence-corrected chi connectivity index (χ4v) is 3.01. The summed E-state index contributed by atoms with van der Waals surface area (Å²) >= 11 is 1.68. The standard InChI is InChI=1S/C14H23N3O3S/c1-19-7-8-20-11-13(18)16-10-12-2-5-17(6-3-12)14-15-4-9-21-14/h4,9,12H,2-3,5-8,10-11H2,1H3,(H,16,18). The van der Waals surface area contributed by atoms with Gasteiger partial charge in [0.25, 0.3) is 0 Å². The van der Waals surface area contributed by atoms with Gasteiger partial charge < -0.3 is 19.7 Å². The summed E-state index contributed by atoms with van der Waals surface area (Å²) in [5.74, 6) is 0.498. The van der Waals surface area contributed by atoms with E-state index in [1.54, 1.807) is 18.4 Å². The van der Waals surface area contributed by atoms with Gasteiger partial charge >= 0.3 is 0 Å². The molecule has 0 aliphatic carbocycles. The molecule has 1 aromatic heterocycles. The van der Waals surface area contributed by atoms with Crippen molar-refractivity contribution in [3.8, 4) is 0 Å². The quantitative estimate of drug-likeness (QED) is 0.729. The van der Waals surface area contributed by atoms with E-state index in [0.29, 0.717) is 19.1 Å². The first kappa shape index (κ1) is 16.2. The van der Waals surface area contributed by atoms with Gasteiger partial charge in [0, 0.05) is 38.3 Å². The average Bonchev–Trinajstić information content (AvgIpc) is 3.04. The maximum Gasteiger partial charge on any atom is 0.246 e. The largest absolute Gasteiger partial charge is 0.382 e. The molecule has 1 amide bonds. The van der Waals surface area contributed by atoms with Crippen molar-refractivity contribution >= 4 is 22.4 Å². The van der Waals surface area contributed by atoms with Crippen LogP contribution in [0.3, 0.4) is 0 Å². The predicted molar refractivity (Wildman–Crippen MR) is 82.8 cm³/mol. The Morgan fingerprint density at radius 1 is 1.48 bits per heavy atom. The molecule has 21 heavy (non-hydrogen) atoms. The molecular weight excluding hydrogens is 290 g/mol. The Morgan fingerprint density at radius 2 is 2.29 bits per heavy atom. The summed E-state index contributed by atoms with van der Waals surface area (Å²) in [5.41, 5.74) is 0. The molecule has 1 N–H and O–H groups in total. The van der Waals surface area contributed by atoms with Gasteiger partial charge in [-0.1, -0.05) is 0 Å². The van der Waals surface area contributed by atoms with E-state index in [-0.39, 0.29) is 12.5 Å². The van der Waals surface area contributed by atoms with Gasteiger partial charge in [0.1, 0.15) is 6.61 Å². The average molecular weight is 313 g/mol. The molecule has 0 bridgehead atoms. The molecule has 2 heterocycles. The maximum atomic E-state index is 11.6. The number of rotatable bonds is 8. The Labute approximate surface area is 129 Å². The second-order valence-corrected chi connectivity index (χ2v) is 5.97. The Bertz CT molecular complexity index is 406. The van der Waals surface area contributed by atoms with Crippen molar-refractivity contribution in [2.75, 3.05) is 51.5 Å². The minimum atomic E-state index is -0.0477. The van der Waals surface area contributed by atoms with Gasteiger partial charge in [0.2, 0.25) is 5.91 Å². The van der Waals surface area contributed by atoms with Crippen LogP contribution < -0.4 is 10.2 Å². The molecule has 6 nitrogen and oxygen atoms in total. The smallest absolute Gasteiger partial charge is 0.246 e. The van der Waals surface area contributed by atoms with Crippen LogP contribution in [0.4, 0.5) is 5.13 Å². The second kappa shape index (κ2) is 8.96. The molecule has 0 spiro atoms. The van der Waals surface area contributed by atoms with Gasteiger partial charge in [-0.15, -0.1) is 11.3 Å². The number of hydrogen-bond donors (Lipinski definition) is 1. The number of anilines is 1. The summed E-state index contributed by atoms with van der Waals surface area (Å²) in [6, 6.07) is 0. The Kier molecular flexibility index (Phi) is 6.91. The second-order valence-electron chi connectivity index (χ2n) is 5.09. The highest BCUT2D eigenvalue weighted by atomic mass is 32.1. The van der Waals surface area contributed by atoms with E-state index in [1.165, 1.54) is 0 Å². The Balaban J connectivity index is 1.57. The Morgan fingerprint density at radius 3 is 2.95 bits per heavy atom. The van der Waals surface area contributed by atoms with Gasteiger partial charge in [-0.05, 0) is 18.8 Å². The minimum absolute atomic E-state index is 0.0477. The van der Waals surface area contributed by atoms with Crippen LogP contribution in [0.2, 0.25) is 0 Å². The van der Waals surface area contributed by atoms with Crippen molar-refractivity contribution in [3.05, 3.63) is 11.6 Å². The van der Waals surface area contributed by atoms with Crippen LogP contribution in [0.1, 0.15) is 12.8 Å². The third kappa shape index (κ3) is 5.61. The molecule has 7 heteroatoms. The van der Waals surface area contributed by atoms with E-state index in [1.807, 2.05) is 11.6 Å². The number of carbonyl (C=O) groups is 1. The molecule has 2 rings (SSSR count). The van der Waals surface area contributed by atoms with Gasteiger partial charge in [-0.25, -0.2) is 4.98 Å². The highest BCUT2D eigenvalue weighted by Crippen LogP contribution is 2.24. The predicted octanol–water partition coefficient (Wildman–Crippen LogP) is 1.14. The molecule has 0 unspecified atom stereocenters. The van der Waals surface area contributed by atoms with E-state index < -0.39 is 0 Å². The number of aromatic nitrogens is 1. The number of hydrogen-bond acceptors (Lipinski definition) is 6. The summed E-state index contributed by atoms with van der Waals surface area (Å²) in [6.07, 6.45) is 4.02. The third-order valence-electron chi connectivity index (χ3n) is 3.56. The van der Waals surface area contributed by atoms with Crippen LogP contribution in [-0.2, 0) is 14.3 Å². The number of methoxy groups -OCH3 is 1. The fourth-order valence-electron chi connectivity index (χ4n) is 2.32. The molecule has 1 aliphatic rings. The highest BCUT2D eigenvalue weighted by molar-refractivity contribution is 7.13. The summed E-state index contributed by atoms with van der Waals surface area (Å²) < 4.78 is 10.0. The number of thiazole rings is 1. The molecule has 1 aromatic rings. The lowest BCUT2D eigenvalue weighted by atomic mass is 9.97. The zero-order valence-electron chi connectivity index (χ0n) is 12.4. The lowest BCUT2D eigenvalue weighted by Gasteiger charge is -2.31. The third-order valence-corrected chi connectivity index (χ3v) is 4.39. The van der Waals surface area contributed by atoms with Crippen LogP contribution in [-0.4, -0.2) is 57.5 Å². The first-order valence-electron chi connectivity index (χ1n) is 7.27. The SMILES string of the molecule is COCCOCC(=O)NCC1CCN(c2nccs2)CC1. The summed E-state index contributed by atoms with van der Waals surface area (Å²) in [7, 11) is 1.61. The highest BCUT2D eigenvalue weighted by Gasteiger charge is 2.20. The molecule has 1 aliphatic heterocycles.